The number of nitrogens with one attached hydrogen (secondary N) is 1. The first-order valence-electron chi connectivity index (χ1n) is 11.3. The van der Waals surface area contributed by atoms with Crippen LogP contribution < -0.4 is 10.2 Å². The predicted octanol–water partition coefficient (Wildman–Crippen LogP) is 3.49. The molecule has 2 aliphatic heterocycles. The van der Waals surface area contributed by atoms with Gasteiger partial charge in [0.1, 0.15) is 0 Å². The SMILES string of the molecule is Cc1ccc(CN2CCN(C(=O)Nc3ccc(N4CCC(N(C)C)C4)cc3)CC2)cc1. The summed E-state index contributed by atoms with van der Waals surface area (Å²) in [4.78, 5) is 21.8. The molecule has 0 aliphatic carbocycles. The minimum Gasteiger partial charge on any atom is -0.370 e. The van der Waals surface area contributed by atoms with E-state index in [2.05, 4.69) is 77.4 Å². The Morgan fingerprint density at radius 2 is 1.65 bits per heavy atom. The molecule has 2 fully saturated rings. The lowest BCUT2D eigenvalue weighted by molar-refractivity contribution is 0.143. The smallest absolute Gasteiger partial charge is 0.321 e. The lowest BCUT2D eigenvalue weighted by Crippen LogP contribution is -2.49. The first-order valence-corrected chi connectivity index (χ1v) is 11.3. The number of rotatable bonds is 5. The fourth-order valence-electron chi connectivity index (χ4n) is 4.42. The molecule has 1 atom stereocenters. The number of aryl methyl sites for hydroxylation is 1. The molecule has 4 rings (SSSR count). The predicted molar refractivity (Wildman–Crippen MR) is 128 cm³/mol. The van der Waals surface area contributed by atoms with E-state index in [-0.39, 0.29) is 6.03 Å². The molecule has 0 radical (unpaired) electrons. The molecular weight excluding hydrogens is 386 g/mol. The summed E-state index contributed by atoms with van der Waals surface area (Å²) < 4.78 is 0. The van der Waals surface area contributed by atoms with Crippen molar-refractivity contribution in [3.63, 3.8) is 0 Å². The van der Waals surface area contributed by atoms with Crippen LogP contribution >= 0.6 is 0 Å². The lowest BCUT2D eigenvalue weighted by Gasteiger charge is -2.34. The second-order valence-corrected chi connectivity index (χ2v) is 9.08. The van der Waals surface area contributed by atoms with Crippen molar-refractivity contribution in [3.05, 3.63) is 59.7 Å². The fraction of sp³-hybridized carbons (Fsp3) is 0.480. The second kappa shape index (κ2) is 9.71. The highest BCUT2D eigenvalue weighted by Crippen LogP contribution is 2.24. The van der Waals surface area contributed by atoms with Crippen LogP contribution in [-0.2, 0) is 6.54 Å². The Hall–Kier alpha value is -2.57. The highest BCUT2D eigenvalue weighted by Gasteiger charge is 2.24. The maximum Gasteiger partial charge on any atom is 0.321 e. The number of carbonyl (C=O) groups excluding carboxylic acids is 1. The second-order valence-electron chi connectivity index (χ2n) is 9.08. The topological polar surface area (TPSA) is 42.1 Å². The maximum absolute atomic E-state index is 12.7. The zero-order chi connectivity index (χ0) is 21.8. The highest BCUT2D eigenvalue weighted by atomic mass is 16.2. The number of likely N-dealkylation sites (N-methyl/N-ethyl adjacent to an activating group) is 1. The van der Waals surface area contributed by atoms with Crippen molar-refractivity contribution < 1.29 is 4.79 Å². The normalized spacial score (nSPS) is 19.8. The average Bonchev–Trinajstić information content (AvgIpc) is 3.27. The molecule has 2 aromatic carbocycles. The molecule has 2 heterocycles. The molecule has 166 valence electrons. The summed E-state index contributed by atoms with van der Waals surface area (Å²) in [7, 11) is 4.30. The van der Waals surface area contributed by atoms with E-state index in [1.165, 1.54) is 23.2 Å². The number of hydrogen-bond donors (Lipinski definition) is 1. The summed E-state index contributed by atoms with van der Waals surface area (Å²) in [5.74, 6) is 0. The van der Waals surface area contributed by atoms with Crippen LogP contribution in [-0.4, -0.2) is 80.1 Å². The quantitative estimate of drug-likeness (QED) is 0.803. The van der Waals surface area contributed by atoms with Crippen LogP contribution in [0.3, 0.4) is 0 Å². The molecule has 2 aliphatic rings. The number of hydrogen-bond acceptors (Lipinski definition) is 4. The summed E-state index contributed by atoms with van der Waals surface area (Å²) in [6, 6.07) is 17.6. The van der Waals surface area contributed by atoms with Crippen molar-refractivity contribution in [2.75, 3.05) is 63.6 Å². The molecular formula is C25H35N5O. The van der Waals surface area contributed by atoms with Gasteiger partial charge in [0.15, 0.2) is 0 Å². The molecule has 0 aromatic heterocycles. The van der Waals surface area contributed by atoms with Crippen molar-refractivity contribution in [3.8, 4) is 0 Å². The van der Waals surface area contributed by atoms with Gasteiger partial charge in [0.05, 0.1) is 0 Å². The molecule has 2 aromatic rings. The van der Waals surface area contributed by atoms with E-state index < -0.39 is 0 Å². The lowest BCUT2D eigenvalue weighted by atomic mass is 10.1. The van der Waals surface area contributed by atoms with Crippen molar-refractivity contribution in [1.29, 1.82) is 0 Å². The van der Waals surface area contributed by atoms with Gasteiger partial charge in [0.2, 0.25) is 0 Å². The van der Waals surface area contributed by atoms with Gasteiger partial charge >= 0.3 is 6.03 Å². The van der Waals surface area contributed by atoms with Gasteiger partial charge in [-0.1, -0.05) is 29.8 Å². The fourth-order valence-corrected chi connectivity index (χ4v) is 4.42. The number of carbonyl (C=O) groups is 1. The largest absolute Gasteiger partial charge is 0.370 e. The van der Waals surface area contributed by atoms with E-state index in [1.54, 1.807) is 0 Å². The summed E-state index contributed by atoms with van der Waals surface area (Å²) in [5.41, 5.74) is 4.71. The third-order valence-corrected chi connectivity index (χ3v) is 6.56. The Kier molecular flexibility index (Phi) is 6.78. The number of anilines is 2. The van der Waals surface area contributed by atoms with Gasteiger partial charge in [-0.15, -0.1) is 0 Å². The third-order valence-electron chi connectivity index (χ3n) is 6.56. The van der Waals surface area contributed by atoms with Crippen molar-refractivity contribution in [1.82, 2.24) is 14.7 Å². The van der Waals surface area contributed by atoms with Crippen molar-refractivity contribution >= 4 is 17.4 Å². The van der Waals surface area contributed by atoms with Crippen LogP contribution in [0.1, 0.15) is 17.5 Å². The molecule has 0 saturated carbocycles. The van der Waals surface area contributed by atoms with Gasteiger partial charge in [0.25, 0.3) is 0 Å². The monoisotopic (exact) mass is 421 g/mol. The first kappa shape index (κ1) is 21.7. The summed E-state index contributed by atoms with van der Waals surface area (Å²) in [6.45, 7) is 8.53. The van der Waals surface area contributed by atoms with Crippen LogP contribution in [0.5, 0.6) is 0 Å². The highest BCUT2D eigenvalue weighted by molar-refractivity contribution is 5.89. The number of nitrogens with zero attached hydrogens (tertiary/aromatic N) is 4. The van der Waals surface area contributed by atoms with Crippen LogP contribution in [0.15, 0.2) is 48.5 Å². The minimum atomic E-state index is -0.00317. The number of benzene rings is 2. The number of amides is 2. The van der Waals surface area contributed by atoms with E-state index in [1.807, 2.05) is 17.0 Å². The first-order chi connectivity index (χ1) is 15.0. The van der Waals surface area contributed by atoms with Crippen LogP contribution in [0.2, 0.25) is 0 Å². The molecule has 6 heteroatoms. The van der Waals surface area contributed by atoms with E-state index in [0.717, 1.165) is 51.5 Å². The number of urea groups is 1. The van der Waals surface area contributed by atoms with Crippen molar-refractivity contribution in [2.24, 2.45) is 0 Å². The molecule has 0 bridgehead atoms. The zero-order valence-electron chi connectivity index (χ0n) is 19.1. The number of piperazine rings is 1. The molecule has 6 nitrogen and oxygen atoms in total. The Bertz CT molecular complexity index is 856. The standard InChI is InChI=1S/C25H35N5O/c1-20-4-6-21(7-5-20)18-28-14-16-29(17-15-28)25(31)26-22-8-10-23(11-9-22)30-13-12-24(19-30)27(2)3/h4-11,24H,12-19H2,1-3H3,(H,26,31). The summed E-state index contributed by atoms with van der Waals surface area (Å²) in [5, 5.41) is 3.07. The molecule has 1 N–H and O–H groups in total. The van der Waals surface area contributed by atoms with Gasteiger partial charge in [-0.05, 0) is 57.3 Å². The molecule has 2 amide bonds. The van der Waals surface area contributed by atoms with E-state index in [4.69, 9.17) is 0 Å². The molecule has 31 heavy (non-hydrogen) atoms. The van der Waals surface area contributed by atoms with Crippen LogP contribution in [0.4, 0.5) is 16.2 Å². The van der Waals surface area contributed by atoms with E-state index in [0.29, 0.717) is 6.04 Å². The Morgan fingerprint density at radius 3 is 2.26 bits per heavy atom. The minimum absolute atomic E-state index is 0.00317. The van der Waals surface area contributed by atoms with Crippen LogP contribution in [0, 0.1) is 6.92 Å². The third kappa shape index (κ3) is 5.57. The van der Waals surface area contributed by atoms with Gasteiger partial charge in [-0.3, -0.25) is 4.90 Å². The Morgan fingerprint density at radius 1 is 0.968 bits per heavy atom. The van der Waals surface area contributed by atoms with Gasteiger partial charge in [0, 0.05) is 63.2 Å². The molecule has 1 unspecified atom stereocenters. The summed E-state index contributed by atoms with van der Waals surface area (Å²) in [6.07, 6.45) is 1.20. The van der Waals surface area contributed by atoms with E-state index in [9.17, 15) is 4.79 Å². The van der Waals surface area contributed by atoms with Crippen LogP contribution in [0.25, 0.3) is 0 Å². The molecule has 2 saturated heterocycles. The van der Waals surface area contributed by atoms with E-state index >= 15 is 0 Å². The van der Waals surface area contributed by atoms with Gasteiger partial charge < -0.3 is 20.0 Å². The van der Waals surface area contributed by atoms with Crippen molar-refractivity contribution in [2.45, 2.75) is 25.9 Å². The summed E-state index contributed by atoms with van der Waals surface area (Å²) >= 11 is 0. The van der Waals surface area contributed by atoms with Gasteiger partial charge in [-0.2, -0.15) is 0 Å². The molecule has 0 spiro atoms. The Labute approximate surface area is 186 Å². The maximum atomic E-state index is 12.7. The van der Waals surface area contributed by atoms with Gasteiger partial charge in [-0.25, -0.2) is 4.79 Å². The zero-order valence-corrected chi connectivity index (χ0v) is 19.1. The Balaban J connectivity index is 1.24. The average molecular weight is 422 g/mol.